The monoisotopic (exact) mass is 300 g/mol. The highest BCUT2D eigenvalue weighted by atomic mass is 16.7. The summed E-state index contributed by atoms with van der Waals surface area (Å²) in [5.74, 6) is -2.90. The Hall–Kier alpha value is -2.01. The van der Waals surface area contributed by atoms with Crippen LogP contribution in [0.3, 0.4) is 0 Å². The fourth-order valence-corrected chi connectivity index (χ4v) is 2.02. The maximum atomic E-state index is 12.1. The number of rotatable bonds is 5. The molecule has 0 aliphatic heterocycles. The highest BCUT2D eigenvalue weighted by Gasteiger charge is 2.21. The van der Waals surface area contributed by atoms with Gasteiger partial charge in [-0.15, -0.1) is 0 Å². The van der Waals surface area contributed by atoms with Crippen LogP contribution in [-0.4, -0.2) is 51.6 Å². The molecule has 0 spiro atoms. The smallest absolute Gasteiger partial charge is 0.332 e. The van der Waals surface area contributed by atoms with Gasteiger partial charge in [0, 0.05) is 13.5 Å². The van der Waals surface area contributed by atoms with Crippen molar-refractivity contribution in [3.05, 3.63) is 27.2 Å². The van der Waals surface area contributed by atoms with Gasteiger partial charge in [-0.2, -0.15) is 0 Å². The molecule has 5 N–H and O–H groups in total. The molecule has 0 aliphatic carbocycles. The minimum Gasteiger partial charge on any atom is -0.391 e. The van der Waals surface area contributed by atoms with E-state index in [9.17, 15) is 14.7 Å². The first-order valence-electron chi connectivity index (χ1n) is 6.19. The SMILES string of the molecule is Cn1c(=O)n(CC(O)CCC(O)(O)O)c(=O)c2[nH]cnc21. The van der Waals surface area contributed by atoms with Crippen molar-refractivity contribution in [2.75, 3.05) is 0 Å². The molecule has 0 fully saturated rings. The molecule has 116 valence electrons. The quantitative estimate of drug-likeness (QED) is 0.373. The molecule has 2 aromatic heterocycles. The van der Waals surface area contributed by atoms with Crippen LogP contribution in [-0.2, 0) is 13.6 Å². The number of nitrogens with one attached hydrogen (secondary N) is 1. The van der Waals surface area contributed by atoms with E-state index in [2.05, 4.69) is 9.97 Å². The van der Waals surface area contributed by atoms with Crippen molar-refractivity contribution in [2.45, 2.75) is 31.5 Å². The molecule has 21 heavy (non-hydrogen) atoms. The van der Waals surface area contributed by atoms with Gasteiger partial charge in [0.1, 0.15) is 5.52 Å². The average molecular weight is 300 g/mol. The Bertz CT molecular complexity index is 753. The Morgan fingerprint density at radius 3 is 2.67 bits per heavy atom. The number of aliphatic hydroxyl groups is 4. The minimum atomic E-state index is -2.90. The van der Waals surface area contributed by atoms with Crippen LogP contribution in [0.2, 0.25) is 0 Å². The largest absolute Gasteiger partial charge is 0.391 e. The van der Waals surface area contributed by atoms with Gasteiger partial charge in [-0.25, -0.2) is 9.78 Å². The molecule has 0 radical (unpaired) electrons. The molecular weight excluding hydrogens is 284 g/mol. The van der Waals surface area contributed by atoms with Crippen LogP contribution in [0.15, 0.2) is 15.9 Å². The summed E-state index contributed by atoms with van der Waals surface area (Å²) >= 11 is 0. The Morgan fingerprint density at radius 1 is 1.38 bits per heavy atom. The molecule has 10 heteroatoms. The summed E-state index contributed by atoms with van der Waals surface area (Å²) < 4.78 is 1.98. The molecule has 0 saturated heterocycles. The number of imidazole rings is 1. The number of hydrogen-bond donors (Lipinski definition) is 5. The highest BCUT2D eigenvalue weighted by molar-refractivity contribution is 5.68. The molecule has 0 aliphatic rings. The topological polar surface area (TPSA) is 154 Å². The molecule has 0 bridgehead atoms. The minimum absolute atomic E-state index is 0.130. The van der Waals surface area contributed by atoms with E-state index in [-0.39, 0.29) is 24.1 Å². The third-order valence-corrected chi connectivity index (χ3v) is 3.12. The second-order valence-corrected chi connectivity index (χ2v) is 4.83. The predicted molar refractivity (Wildman–Crippen MR) is 70.2 cm³/mol. The van der Waals surface area contributed by atoms with Crippen molar-refractivity contribution >= 4 is 11.2 Å². The van der Waals surface area contributed by atoms with E-state index in [0.717, 1.165) is 9.13 Å². The van der Waals surface area contributed by atoms with Gasteiger partial charge in [-0.1, -0.05) is 0 Å². The first kappa shape index (κ1) is 15.4. The zero-order valence-corrected chi connectivity index (χ0v) is 11.2. The highest BCUT2D eigenvalue weighted by Crippen LogP contribution is 2.08. The summed E-state index contributed by atoms with van der Waals surface area (Å²) in [7, 11) is 1.44. The molecule has 1 atom stereocenters. The lowest BCUT2D eigenvalue weighted by Gasteiger charge is -2.17. The molecule has 2 aromatic rings. The van der Waals surface area contributed by atoms with E-state index in [4.69, 9.17) is 15.3 Å². The standard InChI is InChI=1S/C11H16N4O6/c1-14-8-7(12-5-13-8)9(17)15(10(14)18)4-6(16)2-3-11(19,20)21/h5-6,16,19-21H,2-4H2,1H3,(H,12,13). The van der Waals surface area contributed by atoms with Crippen LogP contribution >= 0.6 is 0 Å². The normalized spacial score (nSPS) is 13.8. The number of aromatic amines is 1. The molecule has 2 rings (SSSR count). The van der Waals surface area contributed by atoms with E-state index in [1.807, 2.05) is 0 Å². The van der Waals surface area contributed by atoms with Crippen molar-refractivity contribution in [1.82, 2.24) is 19.1 Å². The first-order valence-corrected chi connectivity index (χ1v) is 6.19. The Balaban J connectivity index is 2.30. The Labute approximate surface area is 117 Å². The number of nitrogens with zero attached hydrogens (tertiary/aromatic N) is 3. The van der Waals surface area contributed by atoms with Crippen molar-refractivity contribution in [1.29, 1.82) is 0 Å². The molecular formula is C11H16N4O6. The number of aryl methyl sites for hydroxylation is 1. The average Bonchev–Trinajstić information content (AvgIpc) is 2.87. The van der Waals surface area contributed by atoms with Crippen LogP contribution in [0.25, 0.3) is 11.2 Å². The summed E-state index contributed by atoms with van der Waals surface area (Å²) in [4.78, 5) is 30.7. The van der Waals surface area contributed by atoms with Crippen LogP contribution in [0.4, 0.5) is 0 Å². The Morgan fingerprint density at radius 2 is 2.05 bits per heavy atom. The lowest BCUT2D eigenvalue weighted by Crippen LogP contribution is -2.42. The molecule has 1 unspecified atom stereocenters. The Kier molecular flexibility index (Phi) is 3.96. The van der Waals surface area contributed by atoms with Crippen LogP contribution in [0.5, 0.6) is 0 Å². The molecule has 0 saturated carbocycles. The van der Waals surface area contributed by atoms with Crippen molar-refractivity contribution in [3.8, 4) is 0 Å². The van der Waals surface area contributed by atoms with Gasteiger partial charge in [-0.3, -0.25) is 13.9 Å². The van der Waals surface area contributed by atoms with Crippen LogP contribution in [0, 0.1) is 0 Å². The van der Waals surface area contributed by atoms with E-state index >= 15 is 0 Å². The molecule has 0 aromatic carbocycles. The number of aliphatic hydroxyl groups excluding tert-OH is 1. The summed E-state index contributed by atoms with van der Waals surface area (Å²) in [5, 5.41) is 36.0. The summed E-state index contributed by atoms with van der Waals surface area (Å²) in [6, 6.07) is 0. The number of fused-ring (bicyclic) bond motifs is 1. The summed E-state index contributed by atoms with van der Waals surface area (Å²) in [6.07, 6.45) is -0.652. The zero-order chi connectivity index (χ0) is 15.8. The lowest BCUT2D eigenvalue weighted by molar-refractivity contribution is -0.316. The zero-order valence-electron chi connectivity index (χ0n) is 11.2. The summed E-state index contributed by atoms with van der Waals surface area (Å²) in [5.41, 5.74) is -0.948. The number of hydrogen-bond acceptors (Lipinski definition) is 7. The van der Waals surface area contributed by atoms with Gasteiger partial charge in [0.2, 0.25) is 0 Å². The van der Waals surface area contributed by atoms with Gasteiger partial charge < -0.3 is 25.4 Å². The van der Waals surface area contributed by atoms with Crippen molar-refractivity contribution < 1.29 is 20.4 Å². The van der Waals surface area contributed by atoms with Gasteiger partial charge >= 0.3 is 5.69 Å². The fraction of sp³-hybridized carbons (Fsp3) is 0.545. The summed E-state index contributed by atoms with van der Waals surface area (Å²) in [6.45, 7) is -0.337. The van der Waals surface area contributed by atoms with E-state index in [1.54, 1.807) is 0 Å². The predicted octanol–water partition coefficient (Wildman–Crippen LogP) is -2.80. The third-order valence-electron chi connectivity index (χ3n) is 3.12. The first-order chi connectivity index (χ1) is 9.70. The number of aromatic nitrogens is 4. The maximum absolute atomic E-state index is 12.1. The fourth-order valence-electron chi connectivity index (χ4n) is 2.02. The van der Waals surface area contributed by atoms with Crippen molar-refractivity contribution in [3.63, 3.8) is 0 Å². The second kappa shape index (κ2) is 5.41. The lowest BCUT2D eigenvalue weighted by atomic mass is 10.1. The van der Waals surface area contributed by atoms with Crippen molar-refractivity contribution in [2.24, 2.45) is 7.05 Å². The van der Waals surface area contributed by atoms with Gasteiger partial charge in [0.25, 0.3) is 11.5 Å². The van der Waals surface area contributed by atoms with Gasteiger partial charge in [0.15, 0.2) is 5.65 Å². The molecule has 0 amide bonds. The van der Waals surface area contributed by atoms with E-state index < -0.39 is 29.7 Å². The molecule has 10 nitrogen and oxygen atoms in total. The van der Waals surface area contributed by atoms with Gasteiger partial charge in [0.05, 0.1) is 19.0 Å². The second-order valence-electron chi connectivity index (χ2n) is 4.83. The maximum Gasteiger partial charge on any atom is 0.332 e. The van der Waals surface area contributed by atoms with Crippen LogP contribution < -0.4 is 11.2 Å². The number of H-pyrrole nitrogens is 1. The van der Waals surface area contributed by atoms with Crippen LogP contribution in [0.1, 0.15) is 12.8 Å². The molecule has 2 heterocycles. The van der Waals surface area contributed by atoms with E-state index in [0.29, 0.717) is 0 Å². The van der Waals surface area contributed by atoms with Gasteiger partial charge in [-0.05, 0) is 6.42 Å². The van der Waals surface area contributed by atoms with E-state index in [1.165, 1.54) is 13.4 Å². The third kappa shape index (κ3) is 3.19.